The first-order valence-corrected chi connectivity index (χ1v) is 8.72. The third kappa shape index (κ3) is 4.12. The van der Waals surface area contributed by atoms with Gasteiger partial charge in [0.2, 0.25) is 5.91 Å². The van der Waals surface area contributed by atoms with Gasteiger partial charge in [-0.1, -0.05) is 18.0 Å². The molecule has 2 aliphatic heterocycles. The van der Waals surface area contributed by atoms with E-state index in [4.69, 9.17) is 16.3 Å². The number of piperidine rings is 1. The van der Waals surface area contributed by atoms with Crippen molar-refractivity contribution in [3.63, 3.8) is 0 Å². The second kappa shape index (κ2) is 7.44. The summed E-state index contributed by atoms with van der Waals surface area (Å²) in [6.07, 6.45) is -1.87. The summed E-state index contributed by atoms with van der Waals surface area (Å²) in [6.45, 7) is 1.01. The highest BCUT2D eigenvalue weighted by molar-refractivity contribution is 6.33. The number of halogens is 4. The van der Waals surface area contributed by atoms with Gasteiger partial charge in [0.05, 0.1) is 22.7 Å². The van der Waals surface area contributed by atoms with Crippen LogP contribution in [-0.2, 0) is 20.5 Å². The molecule has 0 unspecified atom stereocenters. The molecule has 0 saturated carbocycles. The lowest BCUT2D eigenvalue weighted by molar-refractivity contribution is -0.165. The van der Waals surface area contributed by atoms with Gasteiger partial charge in [0.15, 0.2) is 0 Å². The Morgan fingerprint density at radius 3 is 2.85 bits per heavy atom. The summed E-state index contributed by atoms with van der Waals surface area (Å²) in [5.74, 6) is -1.06. The maximum Gasteiger partial charge on any atom is 0.416 e. The fraction of sp³-hybridized carbons (Fsp3) is 0.529. The Morgan fingerprint density at radius 1 is 1.35 bits per heavy atom. The van der Waals surface area contributed by atoms with Crippen molar-refractivity contribution in [1.29, 1.82) is 0 Å². The summed E-state index contributed by atoms with van der Waals surface area (Å²) in [4.78, 5) is 26.4. The first kappa shape index (κ1) is 19.0. The Balaban J connectivity index is 1.71. The van der Waals surface area contributed by atoms with Gasteiger partial charge in [0.1, 0.15) is 12.6 Å². The smallest absolute Gasteiger partial charge is 0.416 e. The molecule has 2 fully saturated rings. The second-order valence-electron chi connectivity index (χ2n) is 6.48. The lowest BCUT2D eigenvalue weighted by Crippen LogP contribution is -2.57. The molecule has 1 amide bonds. The lowest BCUT2D eigenvalue weighted by atomic mass is 9.97. The fourth-order valence-electron chi connectivity index (χ4n) is 3.40. The molecule has 0 radical (unpaired) electrons. The van der Waals surface area contributed by atoms with Crippen molar-refractivity contribution >= 4 is 29.2 Å². The van der Waals surface area contributed by atoms with Crippen LogP contribution in [0.5, 0.6) is 0 Å². The van der Waals surface area contributed by atoms with Gasteiger partial charge in [-0.15, -0.1) is 0 Å². The predicted molar refractivity (Wildman–Crippen MR) is 88.8 cm³/mol. The highest BCUT2D eigenvalue weighted by Crippen LogP contribution is 2.34. The normalized spacial score (nSPS) is 23.9. The van der Waals surface area contributed by atoms with Gasteiger partial charge >= 0.3 is 12.1 Å². The molecule has 3 rings (SSSR count). The zero-order chi connectivity index (χ0) is 18.9. The topological polar surface area (TPSA) is 58.6 Å². The molecule has 0 spiro atoms. The molecule has 142 valence electrons. The number of esters is 1. The van der Waals surface area contributed by atoms with Crippen LogP contribution < -0.4 is 5.32 Å². The van der Waals surface area contributed by atoms with Crippen LogP contribution in [0, 0.1) is 0 Å². The molecular formula is C17H18ClF3N2O3. The molecule has 2 atom stereocenters. The molecule has 2 aliphatic rings. The van der Waals surface area contributed by atoms with Gasteiger partial charge in [0, 0.05) is 6.04 Å². The molecular weight excluding hydrogens is 373 g/mol. The van der Waals surface area contributed by atoms with E-state index in [0.29, 0.717) is 13.2 Å². The Labute approximate surface area is 153 Å². The SMILES string of the molecule is O=C(C[C@@H]1C(=O)OC[C@H]2CCCCN21)Nc1cc(C(F)(F)F)ccc1Cl. The molecule has 2 saturated heterocycles. The predicted octanol–water partition coefficient (Wildman–Crippen LogP) is 3.47. The third-order valence-electron chi connectivity index (χ3n) is 4.71. The second-order valence-corrected chi connectivity index (χ2v) is 6.89. The van der Waals surface area contributed by atoms with Crippen molar-refractivity contribution < 1.29 is 27.5 Å². The van der Waals surface area contributed by atoms with Crippen LogP contribution in [0.1, 0.15) is 31.2 Å². The van der Waals surface area contributed by atoms with Gasteiger partial charge in [-0.2, -0.15) is 13.2 Å². The molecule has 9 heteroatoms. The number of morpholine rings is 1. The monoisotopic (exact) mass is 390 g/mol. The molecule has 0 bridgehead atoms. The third-order valence-corrected chi connectivity index (χ3v) is 5.04. The van der Waals surface area contributed by atoms with Crippen LogP contribution in [0.25, 0.3) is 0 Å². The van der Waals surface area contributed by atoms with Crippen molar-refractivity contribution in [3.05, 3.63) is 28.8 Å². The average Bonchev–Trinajstić information content (AvgIpc) is 2.58. The minimum absolute atomic E-state index is 0.00609. The van der Waals surface area contributed by atoms with Crippen LogP contribution in [0.15, 0.2) is 18.2 Å². The van der Waals surface area contributed by atoms with E-state index in [1.165, 1.54) is 0 Å². The molecule has 1 N–H and O–H groups in total. The molecule has 0 aliphatic carbocycles. The Morgan fingerprint density at radius 2 is 2.12 bits per heavy atom. The Bertz CT molecular complexity index is 711. The number of hydrogen-bond acceptors (Lipinski definition) is 4. The van der Waals surface area contributed by atoms with E-state index in [-0.39, 0.29) is 23.2 Å². The molecule has 1 aromatic carbocycles. The number of ether oxygens (including phenoxy) is 1. The first-order chi connectivity index (χ1) is 12.3. The van der Waals surface area contributed by atoms with Gasteiger partial charge in [-0.3, -0.25) is 14.5 Å². The fourth-order valence-corrected chi connectivity index (χ4v) is 3.56. The number of benzene rings is 1. The van der Waals surface area contributed by atoms with Crippen LogP contribution in [0.2, 0.25) is 5.02 Å². The summed E-state index contributed by atoms with van der Waals surface area (Å²) < 4.78 is 43.6. The highest BCUT2D eigenvalue weighted by atomic mass is 35.5. The number of alkyl halides is 3. The quantitative estimate of drug-likeness (QED) is 0.803. The van der Waals surface area contributed by atoms with Crippen molar-refractivity contribution in [2.75, 3.05) is 18.5 Å². The molecule has 0 aromatic heterocycles. The summed E-state index contributed by atoms with van der Waals surface area (Å²) in [7, 11) is 0. The number of hydrogen-bond donors (Lipinski definition) is 1. The van der Waals surface area contributed by atoms with E-state index in [0.717, 1.165) is 37.5 Å². The number of nitrogens with zero attached hydrogens (tertiary/aromatic N) is 1. The van der Waals surface area contributed by atoms with Crippen molar-refractivity contribution in [1.82, 2.24) is 4.90 Å². The van der Waals surface area contributed by atoms with E-state index in [1.807, 2.05) is 4.90 Å². The maximum atomic E-state index is 12.8. The zero-order valence-electron chi connectivity index (χ0n) is 13.8. The number of carbonyl (C=O) groups excluding carboxylic acids is 2. The first-order valence-electron chi connectivity index (χ1n) is 8.34. The number of nitrogens with one attached hydrogen (secondary N) is 1. The van der Waals surface area contributed by atoms with Crippen LogP contribution >= 0.6 is 11.6 Å². The number of rotatable bonds is 3. The summed E-state index contributed by atoms with van der Waals surface area (Å²) in [5.41, 5.74) is -1.05. The number of carbonyl (C=O) groups is 2. The van der Waals surface area contributed by atoms with E-state index in [1.54, 1.807) is 0 Å². The van der Waals surface area contributed by atoms with Crippen LogP contribution in [0.3, 0.4) is 0 Å². The number of fused-ring (bicyclic) bond motifs is 1. The molecule has 26 heavy (non-hydrogen) atoms. The minimum Gasteiger partial charge on any atom is -0.463 e. The Kier molecular flexibility index (Phi) is 5.43. The summed E-state index contributed by atoms with van der Waals surface area (Å²) in [5, 5.41) is 2.37. The molecule has 2 heterocycles. The number of amides is 1. The highest BCUT2D eigenvalue weighted by Gasteiger charge is 2.40. The number of anilines is 1. The maximum absolute atomic E-state index is 12.8. The molecule has 1 aromatic rings. The van der Waals surface area contributed by atoms with Crippen molar-refractivity contribution in [2.45, 2.75) is 43.9 Å². The van der Waals surface area contributed by atoms with E-state index < -0.39 is 29.7 Å². The largest absolute Gasteiger partial charge is 0.463 e. The zero-order valence-corrected chi connectivity index (χ0v) is 14.6. The summed E-state index contributed by atoms with van der Waals surface area (Å²) in [6, 6.07) is 2.07. The van der Waals surface area contributed by atoms with Crippen LogP contribution in [-0.4, -0.2) is 42.0 Å². The van der Waals surface area contributed by atoms with E-state index >= 15 is 0 Å². The van der Waals surface area contributed by atoms with Crippen molar-refractivity contribution in [3.8, 4) is 0 Å². The standard InChI is InChI=1S/C17H18ClF3N2O3/c18-12-5-4-10(17(19,20)21)7-13(12)22-15(24)8-14-16(25)26-9-11-3-1-2-6-23(11)14/h4-5,7,11,14H,1-3,6,8-9H2,(H,22,24)/t11-,14-/m1/s1. The minimum atomic E-state index is -4.54. The van der Waals surface area contributed by atoms with E-state index in [9.17, 15) is 22.8 Å². The lowest BCUT2D eigenvalue weighted by Gasteiger charge is -2.43. The Hall–Kier alpha value is -1.80. The van der Waals surface area contributed by atoms with E-state index in [2.05, 4.69) is 5.32 Å². The van der Waals surface area contributed by atoms with Gasteiger partial charge < -0.3 is 10.1 Å². The molecule has 5 nitrogen and oxygen atoms in total. The van der Waals surface area contributed by atoms with Crippen molar-refractivity contribution in [2.24, 2.45) is 0 Å². The van der Waals surface area contributed by atoms with Crippen LogP contribution in [0.4, 0.5) is 18.9 Å². The number of cyclic esters (lactones) is 1. The average molecular weight is 391 g/mol. The van der Waals surface area contributed by atoms with Gasteiger partial charge in [-0.05, 0) is 37.6 Å². The van der Waals surface area contributed by atoms with Gasteiger partial charge in [-0.25, -0.2) is 0 Å². The van der Waals surface area contributed by atoms with Gasteiger partial charge in [0.25, 0.3) is 0 Å². The summed E-state index contributed by atoms with van der Waals surface area (Å²) >= 11 is 5.89.